The van der Waals surface area contributed by atoms with Crippen LogP contribution in [0.5, 0.6) is 0 Å². The van der Waals surface area contributed by atoms with Crippen LogP contribution in [0, 0.1) is 0 Å². The molecule has 0 fully saturated rings. The highest BCUT2D eigenvalue weighted by Crippen LogP contribution is 2.58. The van der Waals surface area contributed by atoms with Gasteiger partial charge in [0.2, 0.25) is 0 Å². The molecule has 0 unspecified atom stereocenters. The lowest BCUT2D eigenvalue weighted by Gasteiger charge is -2.34. The van der Waals surface area contributed by atoms with Crippen molar-refractivity contribution >= 4 is 53.4 Å². The largest absolute Gasteiger partial charge is 0.456 e. The molecule has 0 bridgehead atoms. The Balaban J connectivity index is 0.890. The van der Waals surface area contributed by atoms with Crippen molar-refractivity contribution in [2.75, 3.05) is 0 Å². The number of fused-ring (bicyclic) bond motifs is 9. The van der Waals surface area contributed by atoms with Crippen LogP contribution in [-0.4, -0.2) is 15.0 Å². The van der Waals surface area contributed by atoms with E-state index in [1.54, 1.807) is 11.3 Å². The molecule has 5 heteroatoms. The average Bonchev–Trinajstić information content (AvgIpc) is 4.21. The van der Waals surface area contributed by atoms with Crippen molar-refractivity contribution in [3.05, 3.63) is 283 Å². The first kappa shape index (κ1) is 43.1. The van der Waals surface area contributed by atoms with E-state index in [9.17, 15) is 0 Å². The molecular weight excluding hydrogens is 931 g/mol. The molecule has 15 rings (SSSR count). The maximum atomic E-state index is 6.69. The molecule has 75 heavy (non-hydrogen) atoms. The maximum absolute atomic E-state index is 6.69. The monoisotopic (exact) mass is 973 g/mol. The molecule has 0 saturated carbocycles. The summed E-state index contributed by atoms with van der Waals surface area (Å²) in [7, 11) is 0. The van der Waals surface area contributed by atoms with Gasteiger partial charge >= 0.3 is 0 Å². The van der Waals surface area contributed by atoms with E-state index in [1.165, 1.54) is 54.4 Å². The zero-order valence-electron chi connectivity index (χ0n) is 40.5. The molecule has 0 N–H and O–H groups in total. The van der Waals surface area contributed by atoms with E-state index in [1.807, 2.05) is 18.2 Å². The zero-order chi connectivity index (χ0) is 49.5. The molecule has 0 atom stereocenters. The Morgan fingerprint density at radius 2 is 0.853 bits per heavy atom. The van der Waals surface area contributed by atoms with Gasteiger partial charge in [-0.1, -0.05) is 218 Å². The molecule has 3 heterocycles. The normalized spacial score (nSPS) is 12.6. The summed E-state index contributed by atoms with van der Waals surface area (Å²) < 4.78 is 9.07. The first-order valence-electron chi connectivity index (χ1n) is 25.4. The smallest absolute Gasteiger partial charge is 0.165 e. The van der Waals surface area contributed by atoms with Gasteiger partial charge in [-0.15, -0.1) is 11.3 Å². The summed E-state index contributed by atoms with van der Waals surface area (Å²) in [6, 6.07) is 93.6. The van der Waals surface area contributed by atoms with Crippen molar-refractivity contribution in [1.29, 1.82) is 0 Å². The van der Waals surface area contributed by atoms with Gasteiger partial charge < -0.3 is 4.42 Å². The minimum absolute atomic E-state index is 0.481. The molecule has 0 spiro atoms. The van der Waals surface area contributed by atoms with E-state index in [4.69, 9.17) is 19.4 Å². The van der Waals surface area contributed by atoms with Gasteiger partial charge in [-0.05, 0) is 109 Å². The Hall–Kier alpha value is -9.55. The van der Waals surface area contributed by atoms with Crippen LogP contribution in [0.1, 0.15) is 22.3 Å². The third-order valence-corrected chi connectivity index (χ3v) is 16.5. The fourth-order valence-electron chi connectivity index (χ4n) is 11.9. The molecule has 4 nitrogen and oxygen atoms in total. The van der Waals surface area contributed by atoms with Crippen LogP contribution in [0.2, 0.25) is 0 Å². The highest BCUT2D eigenvalue weighted by molar-refractivity contribution is 7.26. The lowest BCUT2D eigenvalue weighted by atomic mass is 9.67. The van der Waals surface area contributed by atoms with Gasteiger partial charge in [0, 0.05) is 47.6 Å². The van der Waals surface area contributed by atoms with Crippen LogP contribution in [-0.2, 0) is 5.41 Å². The van der Waals surface area contributed by atoms with Gasteiger partial charge in [0.1, 0.15) is 11.2 Å². The second-order valence-electron chi connectivity index (χ2n) is 19.4. The van der Waals surface area contributed by atoms with E-state index in [-0.39, 0.29) is 0 Å². The second kappa shape index (κ2) is 17.3. The molecule has 0 saturated heterocycles. The Labute approximate surface area is 437 Å². The summed E-state index contributed by atoms with van der Waals surface area (Å²) in [4.78, 5) is 16.1. The topological polar surface area (TPSA) is 51.8 Å². The molecule has 1 aliphatic carbocycles. The van der Waals surface area contributed by atoms with Gasteiger partial charge in [0.15, 0.2) is 17.5 Å². The summed E-state index contributed by atoms with van der Waals surface area (Å²) in [5.41, 5.74) is 18.3. The lowest BCUT2D eigenvalue weighted by Crippen LogP contribution is -2.28. The van der Waals surface area contributed by atoms with E-state index in [0.717, 1.165) is 71.1 Å². The van der Waals surface area contributed by atoms with Crippen LogP contribution in [0.4, 0.5) is 0 Å². The lowest BCUT2D eigenvalue weighted by molar-refractivity contribution is 0.669. The molecule has 1 aliphatic rings. The Morgan fingerprint density at radius 1 is 0.320 bits per heavy atom. The van der Waals surface area contributed by atoms with Crippen molar-refractivity contribution in [2.45, 2.75) is 5.41 Å². The Kier molecular flexibility index (Phi) is 9.94. The average molecular weight is 974 g/mol. The van der Waals surface area contributed by atoms with E-state index < -0.39 is 5.41 Å². The first-order valence-corrected chi connectivity index (χ1v) is 26.2. The quantitative estimate of drug-likeness (QED) is 0.152. The van der Waals surface area contributed by atoms with Crippen molar-refractivity contribution in [3.8, 4) is 78.7 Å². The van der Waals surface area contributed by atoms with Crippen LogP contribution in [0.15, 0.2) is 265 Å². The second-order valence-corrected chi connectivity index (χ2v) is 20.4. The number of benzene rings is 11. The standard InChI is InChI=1S/C70H43N3OS/c1-4-19-44(20-5-1)45-21-15-24-49(42-45)67-71-68(73-69(72-67)57-34-16-32-54-53-29-11-13-38-63(53)75-66(54)57)56-33-18-37-62-65(56)58-43-47(39-40-61(58)74-62)46-22-14-23-48(41-46)52-31-17-36-60-64(52)55-30-10-12-35-59(55)70(60,50-25-6-2-7-26-50)51-27-8-3-9-28-51/h1-43H. The van der Waals surface area contributed by atoms with Gasteiger partial charge in [-0.2, -0.15) is 0 Å². The summed E-state index contributed by atoms with van der Waals surface area (Å²) in [6.07, 6.45) is 0. The van der Waals surface area contributed by atoms with Crippen LogP contribution in [0.3, 0.4) is 0 Å². The minimum Gasteiger partial charge on any atom is -0.456 e. The van der Waals surface area contributed by atoms with Crippen LogP contribution >= 0.6 is 11.3 Å². The fraction of sp³-hybridized carbons (Fsp3) is 0.0143. The molecule has 350 valence electrons. The number of furan rings is 1. The third kappa shape index (κ3) is 6.86. The highest BCUT2D eigenvalue weighted by atomic mass is 32.1. The highest BCUT2D eigenvalue weighted by Gasteiger charge is 2.46. The van der Waals surface area contributed by atoms with E-state index in [0.29, 0.717) is 17.5 Å². The van der Waals surface area contributed by atoms with Crippen molar-refractivity contribution in [1.82, 2.24) is 15.0 Å². The number of thiophene rings is 1. The molecule has 14 aromatic rings. The number of nitrogens with zero attached hydrogens (tertiary/aromatic N) is 3. The van der Waals surface area contributed by atoms with Gasteiger partial charge in [-0.3, -0.25) is 0 Å². The molecule has 11 aromatic carbocycles. The van der Waals surface area contributed by atoms with Crippen molar-refractivity contribution in [2.24, 2.45) is 0 Å². The van der Waals surface area contributed by atoms with Crippen molar-refractivity contribution < 1.29 is 4.42 Å². The van der Waals surface area contributed by atoms with Crippen LogP contribution < -0.4 is 0 Å². The molecular formula is C70H43N3OS. The first-order chi connectivity index (χ1) is 37.2. The maximum Gasteiger partial charge on any atom is 0.165 e. The SMILES string of the molecule is c1ccc(-c2cccc(-c3nc(-c4cccc5c4sc4ccccc45)nc(-c4cccc5oc6ccc(-c7cccc(-c8cccc9c8-c8ccccc8C9(c8ccccc8)c8ccccc8)c7)cc6c45)n3)c2)cc1. The predicted molar refractivity (Wildman–Crippen MR) is 310 cm³/mol. The number of hydrogen-bond donors (Lipinski definition) is 0. The summed E-state index contributed by atoms with van der Waals surface area (Å²) in [6.45, 7) is 0. The Morgan fingerprint density at radius 3 is 1.67 bits per heavy atom. The van der Waals surface area contributed by atoms with Crippen LogP contribution in [0.25, 0.3) is 121 Å². The van der Waals surface area contributed by atoms with Gasteiger partial charge in [0.05, 0.1) is 5.41 Å². The molecule has 0 aliphatic heterocycles. The van der Waals surface area contributed by atoms with E-state index in [2.05, 4.69) is 243 Å². The fourth-order valence-corrected chi connectivity index (χ4v) is 13.1. The van der Waals surface area contributed by atoms with Crippen molar-refractivity contribution in [3.63, 3.8) is 0 Å². The van der Waals surface area contributed by atoms with Gasteiger partial charge in [0.25, 0.3) is 0 Å². The number of aromatic nitrogens is 3. The zero-order valence-corrected chi connectivity index (χ0v) is 41.3. The minimum atomic E-state index is -0.481. The molecule has 0 amide bonds. The number of hydrogen-bond acceptors (Lipinski definition) is 5. The summed E-state index contributed by atoms with van der Waals surface area (Å²) in [5, 5.41) is 4.37. The van der Waals surface area contributed by atoms with Gasteiger partial charge in [-0.25, -0.2) is 15.0 Å². The third-order valence-electron chi connectivity index (χ3n) is 15.2. The van der Waals surface area contributed by atoms with E-state index >= 15 is 0 Å². The molecule has 0 radical (unpaired) electrons. The summed E-state index contributed by atoms with van der Waals surface area (Å²) >= 11 is 1.78. The molecule has 3 aromatic heterocycles. The summed E-state index contributed by atoms with van der Waals surface area (Å²) in [5.74, 6) is 1.81. The predicted octanol–water partition coefficient (Wildman–Crippen LogP) is 18.5. The number of rotatable bonds is 8. The Bertz CT molecular complexity index is 4500.